The standard InChI is InChI=1S/C9H17NO2/c1-8(12)10-5-3-4-9(2,6-10)7-11/h11H,3-7H2,1-2H3. The van der Waals surface area contributed by atoms with E-state index in [9.17, 15) is 4.79 Å². The first kappa shape index (κ1) is 9.52. The Morgan fingerprint density at radius 3 is 2.83 bits per heavy atom. The smallest absolute Gasteiger partial charge is 0.219 e. The van der Waals surface area contributed by atoms with E-state index >= 15 is 0 Å². The van der Waals surface area contributed by atoms with Crippen molar-refractivity contribution in [1.29, 1.82) is 0 Å². The molecule has 1 fully saturated rings. The van der Waals surface area contributed by atoms with E-state index in [1.165, 1.54) is 0 Å². The molecule has 0 aromatic rings. The highest BCUT2D eigenvalue weighted by atomic mass is 16.3. The van der Waals surface area contributed by atoms with Crippen LogP contribution in [0, 0.1) is 5.41 Å². The number of aliphatic hydroxyl groups is 1. The highest BCUT2D eigenvalue weighted by Crippen LogP contribution is 2.28. The summed E-state index contributed by atoms with van der Waals surface area (Å²) in [6, 6.07) is 0. The molecule has 0 saturated carbocycles. The van der Waals surface area contributed by atoms with Gasteiger partial charge in [-0.1, -0.05) is 6.92 Å². The van der Waals surface area contributed by atoms with E-state index in [0.717, 1.165) is 19.4 Å². The summed E-state index contributed by atoms with van der Waals surface area (Å²) < 4.78 is 0. The first-order chi connectivity index (χ1) is 5.57. The molecular weight excluding hydrogens is 154 g/mol. The van der Waals surface area contributed by atoms with Gasteiger partial charge in [-0.05, 0) is 12.8 Å². The lowest BCUT2D eigenvalue weighted by atomic mass is 9.83. The Balaban J connectivity index is 2.57. The number of amides is 1. The van der Waals surface area contributed by atoms with Crippen LogP contribution in [0.4, 0.5) is 0 Å². The van der Waals surface area contributed by atoms with E-state index in [2.05, 4.69) is 0 Å². The number of likely N-dealkylation sites (tertiary alicyclic amines) is 1. The molecule has 0 spiro atoms. The lowest BCUT2D eigenvalue weighted by Gasteiger charge is -2.38. The van der Waals surface area contributed by atoms with Gasteiger partial charge in [0.25, 0.3) is 0 Å². The van der Waals surface area contributed by atoms with Gasteiger partial charge < -0.3 is 10.0 Å². The third-order valence-corrected chi connectivity index (χ3v) is 2.61. The molecule has 1 aliphatic rings. The number of piperidine rings is 1. The van der Waals surface area contributed by atoms with Crippen LogP contribution in [0.15, 0.2) is 0 Å². The van der Waals surface area contributed by atoms with Crippen molar-refractivity contribution in [2.75, 3.05) is 19.7 Å². The van der Waals surface area contributed by atoms with Crippen LogP contribution < -0.4 is 0 Å². The predicted molar refractivity (Wildman–Crippen MR) is 46.7 cm³/mol. The third kappa shape index (κ3) is 1.97. The van der Waals surface area contributed by atoms with Crippen molar-refractivity contribution in [3.8, 4) is 0 Å². The summed E-state index contributed by atoms with van der Waals surface area (Å²) >= 11 is 0. The minimum atomic E-state index is -0.0656. The fourth-order valence-corrected chi connectivity index (χ4v) is 1.71. The maximum absolute atomic E-state index is 11.0. The number of carbonyl (C=O) groups is 1. The summed E-state index contributed by atoms with van der Waals surface area (Å²) in [5, 5.41) is 9.11. The average molecular weight is 171 g/mol. The van der Waals surface area contributed by atoms with Gasteiger partial charge >= 0.3 is 0 Å². The summed E-state index contributed by atoms with van der Waals surface area (Å²) in [5.74, 6) is 0.120. The van der Waals surface area contributed by atoms with E-state index in [0.29, 0.717) is 6.54 Å². The van der Waals surface area contributed by atoms with Crippen LogP contribution in [0.1, 0.15) is 26.7 Å². The topological polar surface area (TPSA) is 40.5 Å². The second-order valence-electron chi connectivity index (χ2n) is 4.01. The molecule has 3 heteroatoms. The number of rotatable bonds is 1. The molecule has 70 valence electrons. The maximum atomic E-state index is 11.0. The van der Waals surface area contributed by atoms with Crippen LogP contribution in [-0.2, 0) is 4.79 Å². The molecule has 0 bridgehead atoms. The summed E-state index contributed by atoms with van der Waals surface area (Å²) in [6.07, 6.45) is 2.03. The van der Waals surface area contributed by atoms with E-state index in [4.69, 9.17) is 5.11 Å². The monoisotopic (exact) mass is 171 g/mol. The van der Waals surface area contributed by atoms with Gasteiger partial charge in [-0.3, -0.25) is 4.79 Å². The van der Waals surface area contributed by atoms with E-state index in [1.807, 2.05) is 11.8 Å². The zero-order valence-corrected chi connectivity index (χ0v) is 7.84. The van der Waals surface area contributed by atoms with Crippen molar-refractivity contribution in [3.05, 3.63) is 0 Å². The largest absolute Gasteiger partial charge is 0.396 e. The first-order valence-electron chi connectivity index (χ1n) is 4.44. The fourth-order valence-electron chi connectivity index (χ4n) is 1.71. The van der Waals surface area contributed by atoms with Gasteiger partial charge in [0.2, 0.25) is 5.91 Å². The zero-order valence-electron chi connectivity index (χ0n) is 7.84. The van der Waals surface area contributed by atoms with Gasteiger partial charge in [0, 0.05) is 25.4 Å². The van der Waals surface area contributed by atoms with Gasteiger partial charge in [0.05, 0.1) is 6.61 Å². The quantitative estimate of drug-likeness (QED) is 0.628. The highest BCUT2D eigenvalue weighted by molar-refractivity contribution is 5.73. The molecule has 12 heavy (non-hydrogen) atoms. The third-order valence-electron chi connectivity index (χ3n) is 2.61. The van der Waals surface area contributed by atoms with Crippen LogP contribution in [0.2, 0.25) is 0 Å². The molecule has 0 aliphatic carbocycles. The molecule has 1 amide bonds. The molecule has 1 atom stereocenters. The van der Waals surface area contributed by atoms with Gasteiger partial charge in [0.1, 0.15) is 0 Å². The zero-order chi connectivity index (χ0) is 9.19. The molecule has 1 rings (SSSR count). The minimum Gasteiger partial charge on any atom is -0.396 e. The van der Waals surface area contributed by atoms with Crippen molar-refractivity contribution in [1.82, 2.24) is 4.90 Å². The van der Waals surface area contributed by atoms with E-state index in [-0.39, 0.29) is 17.9 Å². The fraction of sp³-hybridized carbons (Fsp3) is 0.889. The Hall–Kier alpha value is -0.570. The molecule has 1 aliphatic heterocycles. The van der Waals surface area contributed by atoms with Gasteiger partial charge in [-0.15, -0.1) is 0 Å². The first-order valence-corrected chi connectivity index (χ1v) is 4.44. The van der Waals surface area contributed by atoms with Crippen LogP contribution in [0.25, 0.3) is 0 Å². The molecule has 3 nitrogen and oxygen atoms in total. The number of hydrogen-bond donors (Lipinski definition) is 1. The second kappa shape index (κ2) is 3.44. The van der Waals surface area contributed by atoms with Crippen molar-refractivity contribution >= 4 is 5.91 Å². The van der Waals surface area contributed by atoms with Gasteiger partial charge in [-0.25, -0.2) is 0 Å². The summed E-state index contributed by atoms with van der Waals surface area (Å²) in [6.45, 7) is 5.35. The number of nitrogens with zero attached hydrogens (tertiary/aromatic N) is 1. The van der Waals surface area contributed by atoms with E-state index < -0.39 is 0 Å². The van der Waals surface area contributed by atoms with Crippen LogP contribution in [-0.4, -0.2) is 35.6 Å². The Kier molecular flexibility index (Phi) is 2.73. The average Bonchev–Trinajstić information content (AvgIpc) is 2.05. The molecule has 0 radical (unpaired) electrons. The van der Waals surface area contributed by atoms with Crippen molar-refractivity contribution < 1.29 is 9.90 Å². The second-order valence-corrected chi connectivity index (χ2v) is 4.01. The minimum absolute atomic E-state index is 0.0656. The molecular formula is C9H17NO2. The molecule has 1 heterocycles. The van der Waals surface area contributed by atoms with Crippen molar-refractivity contribution in [2.24, 2.45) is 5.41 Å². The SMILES string of the molecule is CC(=O)N1CCCC(C)(CO)C1. The molecule has 0 aromatic carbocycles. The van der Waals surface area contributed by atoms with Crippen LogP contribution in [0.3, 0.4) is 0 Å². The molecule has 1 N–H and O–H groups in total. The van der Waals surface area contributed by atoms with Crippen molar-refractivity contribution in [3.63, 3.8) is 0 Å². The van der Waals surface area contributed by atoms with Crippen LogP contribution >= 0.6 is 0 Å². The summed E-state index contributed by atoms with van der Waals surface area (Å²) in [5.41, 5.74) is -0.0656. The molecule has 0 aromatic heterocycles. The Bertz CT molecular complexity index is 181. The normalized spacial score (nSPS) is 30.4. The lowest BCUT2D eigenvalue weighted by molar-refractivity contribution is -0.132. The number of hydrogen-bond acceptors (Lipinski definition) is 2. The van der Waals surface area contributed by atoms with Crippen LogP contribution in [0.5, 0.6) is 0 Å². The Labute approximate surface area is 73.4 Å². The predicted octanol–water partition coefficient (Wildman–Crippen LogP) is 0.627. The maximum Gasteiger partial charge on any atom is 0.219 e. The summed E-state index contributed by atoms with van der Waals surface area (Å²) in [4.78, 5) is 12.9. The van der Waals surface area contributed by atoms with E-state index in [1.54, 1.807) is 6.92 Å². The van der Waals surface area contributed by atoms with Gasteiger partial charge in [-0.2, -0.15) is 0 Å². The molecule has 1 unspecified atom stereocenters. The number of carbonyl (C=O) groups excluding carboxylic acids is 1. The molecule has 1 saturated heterocycles. The lowest BCUT2D eigenvalue weighted by Crippen LogP contribution is -2.45. The number of aliphatic hydroxyl groups excluding tert-OH is 1. The van der Waals surface area contributed by atoms with Crippen molar-refractivity contribution in [2.45, 2.75) is 26.7 Å². The Morgan fingerprint density at radius 1 is 1.67 bits per heavy atom. The van der Waals surface area contributed by atoms with Gasteiger partial charge in [0.15, 0.2) is 0 Å². The summed E-state index contributed by atoms with van der Waals surface area (Å²) in [7, 11) is 0. The highest BCUT2D eigenvalue weighted by Gasteiger charge is 2.31. The Morgan fingerprint density at radius 2 is 2.33 bits per heavy atom.